The van der Waals surface area contributed by atoms with E-state index in [-0.39, 0.29) is 17.6 Å². The van der Waals surface area contributed by atoms with E-state index in [0.29, 0.717) is 30.0 Å². The molecule has 2 aromatic carbocycles. The third-order valence-electron chi connectivity index (χ3n) is 4.63. The van der Waals surface area contributed by atoms with E-state index in [1.54, 1.807) is 11.1 Å². The lowest BCUT2D eigenvalue weighted by Crippen LogP contribution is -2.42. The van der Waals surface area contributed by atoms with Crippen LogP contribution in [-0.2, 0) is 9.67 Å². The van der Waals surface area contributed by atoms with E-state index >= 15 is 0 Å². The predicted octanol–water partition coefficient (Wildman–Crippen LogP) is 4.70. The summed E-state index contributed by atoms with van der Waals surface area (Å²) in [5, 5.41) is 6.96. The summed E-state index contributed by atoms with van der Waals surface area (Å²) in [5.74, 6) is -0.135. The van der Waals surface area contributed by atoms with E-state index in [1.165, 1.54) is 23.9 Å². The average molecular weight is 400 g/mol. The van der Waals surface area contributed by atoms with Crippen LogP contribution in [0.3, 0.4) is 0 Å². The van der Waals surface area contributed by atoms with Gasteiger partial charge in [-0.2, -0.15) is 5.10 Å². The van der Waals surface area contributed by atoms with Gasteiger partial charge in [0.05, 0.1) is 0 Å². The second-order valence-corrected chi connectivity index (χ2v) is 8.63. The molecule has 0 spiro atoms. The molecule has 148 valence electrons. The molecule has 28 heavy (non-hydrogen) atoms. The Morgan fingerprint density at radius 3 is 2.61 bits per heavy atom. The maximum atomic E-state index is 13.8. The Morgan fingerprint density at radius 2 is 1.96 bits per heavy atom. The van der Waals surface area contributed by atoms with Crippen LogP contribution in [0.25, 0.3) is 0 Å². The minimum absolute atomic E-state index is 0.0326. The highest BCUT2D eigenvalue weighted by atomic mass is 32.2. The third kappa shape index (κ3) is 4.28. The van der Waals surface area contributed by atoms with Crippen LogP contribution in [0.5, 0.6) is 0 Å². The van der Waals surface area contributed by atoms with Crippen LogP contribution in [0.2, 0.25) is 0 Å². The van der Waals surface area contributed by atoms with Gasteiger partial charge >= 0.3 is 0 Å². The number of benzene rings is 2. The molecule has 0 bridgehead atoms. The molecule has 0 aliphatic carbocycles. The molecule has 1 heterocycles. The Bertz CT molecular complexity index is 856. The molecule has 2 aromatic rings. The molecule has 6 heteroatoms. The number of carbonyl (C=O) groups is 1. The normalized spacial score (nSPS) is 19.2. The maximum absolute atomic E-state index is 13.8. The van der Waals surface area contributed by atoms with Crippen molar-refractivity contribution in [2.24, 2.45) is 16.8 Å². The summed E-state index contributed by atoms with van der Waals surface area (Å²) in [6.07, 6.45) is 1.82. The highest BCUT2D eigenvalue weighted by Gasteiger charge is 2.48. The molecule has 1 aliphatic rings. The van der Waals surface area contributed by atoms with Gasteiger partial charge in [0.25, 0.3) is 0 Å². The van der Waals surface area contributed by atoms with E-state index in [0.717, 1.165) is 12.0 Å². The van der Waals surface area contributed by atoms with Gasteiger partial charge in [0.2, 0.25) is 5.91 Å². The average Bonchev–Trinajstić information content (AvgIpc) is 3.08. The minimum atomic E-state index is -0.672. The van der Waals surface area contributed by atoms with Crippen molar-refractivity contribution in [3.05, 3.63) is 71.5 Å². The third-order valence-corrected chi connectivity index (χ3v) is 6.09. The number of carbonyl (C=O) groups excluding carboxylic acids is 1. The lowest BCUT2D eigenvalue weighted by Gasteiger charge is -2.36. The molecule has 1 atom stereocenters. The van der Waals surface area contributed by atoms with Crippen LogP contribution >= 0.6 is 11.8 Å². The first-order valence-electron chi connectivity index (χ1n) is 9.58. The van der Waals surface area contributed by atoms with E-state index in [2.05, 4.69) is 0 Å². The monoisotopic (exact) mass is 399 g/mol. The largest absolute Gasteiger partial charge is 0.330 e. The molecule has 3 rings (SSSR count). The molecular weight excluding hydrogens is 373 g/mol. The maximum Gasteiger partial charge on any atom is 0.244 e. The summed E-state index contributed by atoms with van der Waals surface area (Å²) in [6.45, 7) is 4.56. The van der Waals surface area contributed by atoms with Crippen LogP contribution in [0.4, 0.5) is 4.39 Å². The number of thioether (sulfide) groups is 1. The van der Waals surface area contributed by atoms with E-state index < -0.39 is 4.87 Å². The lowest BCUT2D eigenvalue weighted by atomic mass is 9.99. The highest BCUT2D eigenvalue weighted by molar-refractivity contribution is 8.15. The van der Waals surface area contributed by atoms with Gasteiger partial charge in [-0.05, 0) is 43.0 Å². The Kier molecular flexibility index (Phi) is 6.52. The fourth-order valence-corrected chi connectivity index (χ4v) is 4.77. The SMILES string of the molecule is CC(C)CC(=O)N1N=C(c2cccc(F)c2)SC1(CCCN)c1ccccc1. The molecule has 1 aliphatic heterocycles. The molecule has 0 fully saturated rings. The number of amides is 1. The van der Waals surface area contributed by atoms with Gasteiger partial charge in [-0.3, -0.25) is 4.79 Å². The highest BCUT2D eigenvalue weighted by Crippen LogP contribution is 2.50. The molecule has 0 saturated heterocycles. The molecule has 1 amide bonds. The number of nitrogens with zero attached hydrogens (tertiary/aromatic N) is 2. The first-order chi connectivity index (χ1) is 13.5. The molecule has 2 N–H and O–H groups in total. The van der Waals surface area contributed by atoms with Gasteiger partial charge in [0.15, 0.2) is 0 Å². The van der Waals surface area contributed by atoms with Crippen LogP contribution in [0.1, 0.15) is 44.2 Å². The summed E-state index contributed by atoms with van der Waals surface area (Å²) in [7, 11) is 0. The summed E-state index contributed by atoms with van der Waals surface area (Å²) in [5.41, 5.74) is 7.49. The van der Waals surface area contributed by atoms with Gasteiger partial charge in [0, 0.05) is 12.0 Å². The van der Waals surface area contributed by atoms with Crippen molar-refractivity contribution in [1.29, 1.82) is 0 Å². The van der Waals surface area contributed by atoms with Gasteiger partial charge in [0.1, 0.15) is 15.7 Å². The number of hydrazone groups is 1. The van der Waals surface area contributed by atoms with Crippen LogP contribution in [0, 0.1) is 11.7 Å². The fraction of sp³-hybridized carbons (Fsp3) is 0.364. The van der Waals surface area contributed by atoms with E-state index in [1.807, 2.05) is 50.2 Å². The van der Waals surface area contributed by atoms with Crippen molar-refractivity contribution < 1.29 is 9.18 Å². The second-order valence-electron chi connectivity index (χ2n) is 7.36. The number of hydrogen-bond donors (Lipinski definition) is 1. The Morgan fingerprint density at radius 1 is 1.21 bits per heavy atom. The zero-order chi connectivity index (χ0) is 20.1. The predicted molar refractivity (Wildman–Crippen MR) is 113 cm³/mol. The zero-order valence-corrected chi connectivity index (χ0v) is 17.1. The zero-order valence-electron chi connectivity index (χ0n) is 16.3. The van der Waals surface area contributed by atoms with Crippen molar-refractivity contribution in [2.75, 3.05) is 6.54 Å². The smallest absolute Gasteiger partial charge is 0.244 e. The topological polar surface area (TPSA) is 58.7 Å². The number of rotatable bonds is 7. The molecule has 4 nitrogen and oxygen atoms in total. The van der Waals surface area contributed by atoms with Crippen molar-refractivity contribution >= 4 is 22.7 Å². The molecule has 0 aromatic heterocycles. The van der Waals surface area contributed by atoms with Crippen LogP contribution in [0.15, 0.2) is 59.7 Å². The summed E-state index contributed by atoms with van der Waals surface area (Å²) < 4.78 is 13.8. The Labute approximate surface area is 170 Å². The molecule has 0 radical (unpaired) electrons. The number of halogens is 1. The minimum Gasteiger partial charge on any atom is -0.330 e. The van der Waals surface area contributed by atoms with Gasteiger partial charge in [-0.25, -0.2) is 9.40 Å². The lowest BCUT2D eigenvalue weighted by molar-refractivity contribution is -0.135. The van der Waals surface area contributed by atoms with Gasteiger partial charge in [-0.15, -0.1) is 0 Å². The first kappa shape index (κ1) is 20.6. The number of hydrogen-bond acceptors (Lipinski definition) is 4. The first-order valence-corrected chi connectivity index (χ1v) is 10.4. The van der Waals surface area contributed by atoms with Gasteiger partial charge < -0.3 is 5.73 Å². The standard InChI is InChI=1S/C22H26FN3OS/c1-16(2)14-20(27)26-22(12-7-13-24,18-9-4-3-5-10-18)28-21(25-26)17-8-6-11-19(23)15-17/h3-6,8-11,15-16H,7,12-14,24H2,1-2H3. The number of nitrogens with two attached hydrogens (primary N) is 1. The van der Waals surface area contributed by atoms with Gasteiger partial charge in [-0.1, -0.05) is 68.1 Å². The second kappa shape index (κ2) is 8.88. The molecular formula is C22H26FN3OS. The van der Waals surface area contributed by atoms with Crippen molar-refractivity contribution in [1.82, 2.24) is 5.01 Å². The molecule has 0 saturated carbocycles. The van der Waals surface area contributed by atoms with Crippen molar-refractivity contribution in [3.63, 3.8) is 0 Å². The van der Waals surface area contributed by atoms with Crippen LogP contribution in [-0.4, -0.2) is 22.5 Å². The van der Waals surface area contributed by atoms with Crippen molar-refractivity contribution in [3.8, 4) is 0 Å². The van der Waals surface area contributed by atoms with E-state index in [9.17, 15) is 9.18 Å². The quantitative estimate of drug-likeness (QED) is 0.734. The van der Waals surface area contributed by atoms with Crippen molar-refractivity contribution in [2.45, 2.75) is 38.0 Å². The van der Waals surface area contributed by atoms with E-state index in [4.69, 9.17) is 10.8 Å². The fourth-order valence-electron chi connectivity index (χ4n) is 3.35. The Balaban J connectivity index is 2.08. The molecule has 1 unspecified atom stereocenters. The summed E-state index contributed by atoms with van der Waals surface area (Å²) in [4.78, 5) is 12.5. The summed E-state index contributed by atoms with van der Waals surface area (Å²) >= 11 is 1.51. The summed E-state index contributed by atoms with van der Waals surface area (Å²) in [6, 6.07) is 16.3. The Hall–Kier alpha value is -2.18. The van der Waals surface area contributed by atoms with Crippen LogP contribution < -0.4 is 5.73 Å².